The number of imidazole rings is 1. The van der Waals surface area contributed by atoms with Gasteiger partial charge < -0.3 is 14.2 Å². The summed E-state index contributed by atoms with van der Waals surface area (Å²) in [6.07, 6.45) is 2.76. The van der Waals surface area contributed by atoms with Crippen molar-refractivity contribution < 1.29 is 9.63 Å². The zero-order valence-electron chi connectivity index (χ0n) is 14.7. The standard InChI is InChI=1S/C18H16ClN5O3/c1-9(2)24-12-7-10(19)3-4-11(12)23-8-20-13(14(23)16(24)25)15-21-17(22-27-15)18(26)5-6-18/h3-4,7-9,26H,5-6H2,1-2H3. The quantitative estimate of drug-likeness (QED) is 0.582. The SMILES string of the molecule is CC(C)n1c(=O)c2c(-c3nc(C4(O)CC4)no3)ncn2c2ccc(Cl)cc21. The van der Waals surface area contributed by atoms with Gasteiger partial charge in [0.2, 0.25) is 5.82 Å². The first-order chi connectivity index (χ1) is 12.9. The molecule has 0 bridgehead atoms. The number of aromatic nitrogens is 5. The third-order valence-electron chi connectivity index (χ3n) is 4.93. The molecule has 1 fully saturated rings. The zero-order chi connectivity index (χ0) is 18.9. The minimum Gasteiger partial charge on any atom is -0.382 e. The van der Waals surface area contributed by atoms with Crippen molar-refractivity contribution >= 4 is 28.2 Å². The van der Waals surface area contributed by atoms with Crippen molar-refractivity contribution in [2.24, 2.45) is 0 Å². The maximum absolute atomic E-state index is 13.3. The highest BCUT2D eigenvalue weighted by Gasteiger charge is 2.47. The predicted octanol–water partition coefficient (Wildman–Crippen LogP) is 2.91. The second-order valence-corrected chi connectivity index (χ2v) is 7.60. The van der Waals surface area contributed by atoms with Crippen LogP contribution in [0.5, 0.6) is 0 Å². The van der Waals surface area contributed by atoms with Crippen molar-refractivity contribution in [1.29, 1.82) is 0 Å². The lowest BCUT2D eigenvalue weighted by atomic mass is 10.2. The van der Waals surface area contributed by atoms with Gasteiger partial charge in [-0.3, -0.25) is 9.20 Å². The smallest absolute Gasteiger partial charge is 0.279 e. The number of nitrogens with zero attached hydrogens (tertiary/aromatic N) is 5. The maximum Gasteiger partial charge on any atom is 0.279 e. The van der Waals surface area contributed by atoms with Gasteiger partial charge in [-0.15, -0.1) is 0 Å². The first kappa shape index (κ1) is 16.5. The molecule has 0 amide bonds. The van der Waals surface area contributed by atoms with Crippen molar-refractivity contribution in [3.63, 3.8) is 0 Å². The second-order valence-electron chi connectivity index (χ2n) is 7.17. The van der Waals surface area contributed by atoms with Crippen LogP contribution in [-0.2, 0) is 5.60 Å². The summed E-state index contributed by atoms with van der Waals surface area (Å²) in [6.45, 7) is 3.86. The van der Waals surface area contributed by atoms with Crippen LogP contribution in [0.4, 0.5) is 0 Å². The fraction of sp³-hybridized carbons (Fsp3) is 0.333. The third-order valence-corrected chi connectivity index (χ3v) is 5.17. The summed E-state index contributed by atoms with van der Waals surface area (Å²) >= 11 is 6.15. The molecule has 8 nitrogen and oxygen atoms in total. The Morgan fingerprint density at radius 2 is 2.07 bits per heavy atom. The summed E-state index contributed by atoms with van der Waals surface area (Å²) in [5.74, 6) is 0.351. The molecule has 0 radical (unpaired) electrons. The van der Waals surface area contributed by atoms with E-state index in [4.69, 9.17) is 16.1 Å². The number of fused-ring (bicyclic) bond motifs is 3. The van der Waals surface area contributed by atoms with Gasteiger partial charge in [-0.25, -0.2) is 4.98 Å². The Bertz CT molecular complexity index is 1270. The van der Waals surface area contributed by atoms with Gasteiger partial charge in [0.15, 0.2) is 5.69 Å². The van der Waals surface area contributed by atoms with Gasteiger partial charge in [0.05, 0.1) is 11.0 Å². The fourth-order valence-electron chi connectivity index (χ4n) is 3.37. The van der Waals surface area contributed by atoms with Gasteiger partial charge in [-0.05, 0) is 44.9 Å². The van der Waals surface area contributed by atoms with Gasteiger partial charge in [0, 0.05) is 11.1 Å². The molecule has 0 unspecified atom stereocenters. The summed E-state index contributed by atoms with van der Waals surface area (Å²) in [5, 5.41) is 14.6. The topological polar surface area (TPSA) is 98.5 Å². The molecule has 9 heteroatoms. The normalized spacial score (nSPS) is 15.9. The molecule has 0 spiro atoms. The zero-order valence-corrected chi connectivity index (χ0v) is 15.4. The van der Waals surface area contributed by atoms with Crippen molar-refractivity contribution in [1.82, 2.24) is 24.1 Å². The van der Waals surface area contributed by atoms with E-state index in [2.05, 4.69) is 15.1 Å². The van der Waals surface area contributed by atoms with E-state index in [0.717, 1.165) is 11.0 Å². The molecule has 3 aromatic heterocycles. The Hall–Kier alpha value is -2.71. The van der Waals surface area contributed by atoms with Gasteiger partial charge in [0.25, 0.3) is 11.4 Å². The van der Waals surface area contributed by atoms with Crippen LogP contribution in [0.2, 0.25) is 5.02 Å². The van der Waals surface area contributed by atoms with E-state index in [1.54, 1.807) is 27.4 Å². The molecule has 4 aromatic rings. The van der Waals surface area contributed by atoms with Crippen LogP contribution in [0.25, 0.3) is 28.1 Å². The number of rotatable bonds is 3. The highest BCUT2D eigenvalue weighted by Crippen LogP contribution is 2.44. The lowest BCUT2D eigenvalue weighted by Gasteiger charge is -2.15. The molecule has 0 saturated heterocycles. The monoisotopic (exact) mass is 385 g/mol. The van der Waals surface area contributed by atoms with Crippen LogP contribution in [0.3, 0.4) is 0 Å². The maximum atomic E-state index is 13.3. The molecule has 1 aliphatic carbocycles. The van der Waals surface area contributed by atoms with E-state index >= 15 is 0 Å². The number of hydrogen-bond acceptors (Lipinski definition) is 6. The molecule has 27 heavy (non-hydrogen) atoms. The highest BCUT2D eigenvalue weighted by molar-refractivity contribution is 6.31. The summed E-state index contributed by atoms with van der Waals surface area (Å²) in [4.78, 5) is 21.9. The van der Waals surface area contributed by atoms with Gasteiger partial charge in [0.1, 0.15) is 17.4 Å². The van der Waals surface area contributed by atoms with Crippen LogP contribution in [-0.4, -0.2) is 29.2 Å². The lowest BCUT2D eigenvalue weighted by molar-refractivity contribution is 0.137. The molecular formula is C18H16ClN5O3. The summed E-state index contributed by atoms with van der Waals surface area (Å²) in [6, 6.07) is 5.30. The van der Waals surface area contributed by atoms with Crippen LogP contribution < -0.4 is 5.56 Å². The molecular weight excluding hydrogens is 370 g/mol. The van der Waals surface area contributed by atoms with Gasteiger partial charge in [-0.1, -0.05) is 16.8 Å². The molecule has 1 N–H and O–H groups in total. The molecule has 0 aliphatic heterocycles. The predicted molar refractivity (Wildman–Crippen MR) is 98.8 cm³/mol. The number of hydrogen-bond donors (Lipinski definition) is 1. The fourth-order valence-corrected chi connectivity index (χ4v) is 3.54. The molecule has 138 valence electrons. The number of aliphatic hydroxyl groups is 1. The van der Waals surface area contributed by atoms with Crippen LogP contribution in [0.1, 0.15) is 38.6 Å². The molecule has 1 saturated carbocycles. The first-order valence-corrected chi connectivity index (χ1v) is 9.04. The van der Waals surface area contributed by atoms with E-state index in [-0.39, 0.29) is 23.3 Å². The van der Waals surface area contributed by atoms with E-state index in [9.17, 15) is 9.90 Å². The van der Waals surface area contributed by atoms with Crippen LogP contribution >= 0.6 is 11.6 Å². The minimum atomic E-state index is -1.02. The Kier molecular flexibility index (Phi) is 3.29. The Balaban J connectivity index is 1.83. The minimum absolute atomic E-state index is 0.0864. The largest absolute Gasteiger partial charge is 0.382 e. The highest BCUT2D eigenvalue weighted by atomic mass is 35.5. The molecule has 1 aliphatic rings. The van der Waals surface area contributed by atoms with Crippen molar-refractivity contribution in [3.8, 4) is 11.6 Å². The first-order valence-electron chi connectivity index (χ1n) is 8.67. The van der Waals surface area contributed by atoms with Crippen LogP contribution in [0, 0.1) is 0 Å². The van der Waals surface area contributed by atoms with E-state index in [1.807, 2.05) is 19.9 Å². The van der Waals surface area contributed by atoms with E-state index < -0.39 is 5.60 Å². The summed E-state index contributed by atoms with van der Waals surface area (Å²) < 4.78 is 8.68. The molecule has 3 heterocycles. The second kappa shape index (κ2) is 5.40. The van der Waals surface area contributed by atoms with Crippen molar-refractivity contribution in [2.45, 2.75) is 38.3 Å². The van der Waals surface area contributed by atoms with Crippen LogP contribution in [0.15, 0.2) is 33.8 Å². The molecule has 0 atom stereocenters. The Morgan fingerprint density at radius 1 is 1.30 bits per heavy atom. The average molecular weight is 386 g/mol. The number of benzene rings is 1. The summed E-state index contributed by atoms with van der Waals surface area (Å²) in [5.41, 5.74) is 0.918. The molecule has 1 aromatic carbocycles. The van der Waals surface area contributed by atoms with Crippen molar-refractivity contribution in [3.05, 3.63) is 45.7 Å². The number of halogens is 1. The van der Waals surface area contributed by atoms with E-state index in [0.29, 0.717) is 29.1 Å². The third kappa shape index (κ3) is 2.33. The Morgan fingerprint density at radius 3 is 2.78 bits per heavy atom. The van der Waals surface area contributed by atoms with Gasteiger partial charge in [-0.2, -0.15) is 4.98 Å². The van der Waals surface area contributed by atoms with Gasteiger partial charge >= 0.3 is 0 Å². The Labute approximate surface area is 158 Å². The molecule has 5 rings (SSSR count). The van der Waals surface area contributed by atoms with E-state index in [1.165, 1.54) is 0 Å². The van der Waals surface area contributed by atoms with Crippen molar-refractivity contribution in [2.75, 3.05) is 0 Å². The average Bonchev–Trinajstić information content (AvgIpc) is 3.05. The lowest BCUT2D eigenvalue weighted by Crippen LogP contribution is -2.24. The summed E-state index contributed by atoms with van der Waals surface area (Å²) in [7, 11) is 0.